The van der Waals surface area contributed by atoms with Crippen LogP contribution in [0.2, 0.25) is 0 Å². The SMILES string of the molecule is [B]c1cnn2c(NCCNC(=O)c3cccc(C(F)(F)F)c3)cc(-c3ccccc3O)nc12. The number of phenols is 1. The maximum absolute atomic E-state index is 12.9. The molecule has 4 aromatic rings. The summed E-state index contributed by atoms with van der Waals surface area (Å²) in [7, 11) is 5.96. The van der Waals surface area contributed by atoms with E-state index in [-0.39, 0.29) is 24.4 Å². The first kappa shape index (κ1) is 22.2. The van der Waals surface area contributed by atoms with Gasteiger partial charge >= 0.3 is 6.18 Å². The first-order valence-corrected chi connectivity index (χ1v) is 9.86. The molecule has 166 valence electrons. The smallest absolute Gasteiger partial charge is 0.416 e. The molecule has 0 saturated heterocycles. The molecule has 2 radical (unpaired) electrons. The van der Waals surface area contributed by atoms with Crippen molar-refractivity contribution in [1.29, 1.82) is 0 Å². The van der Waals surface area contributed by atoms with Gasteiger partial charge in [0, 0.05) is 36.5 Å². The Labute approximate surface area is 187 Å². The first-order chi connectivity index (χ1) is 15.7. The average molecular weight is 451 g/mol. The fourth-order valence-corrected chi connectivity index (χ4v) is 3.24. The summed E-state index contributed by atoms with van der Waals surface area (Å²) in [4.78, 5) is 16.7. The van der Waals surface area contributed by atoms with Gasteiger partial charge in [-0.2, -0.15) is 22.8 Å². The second kappa shape index (κ2) is 8.85. The number of aromatic nitrogens is 3. The summed E-state index contributed by atoms with van der Waals surface area (Å²) in [6, 6.07) is 12.6. The van der Waals surface area contributed by atoms with Gasteiger partial charge in [0.1, 0.15) is 19.4 Å². The van der Waals surface area contributed by atoms with Gasteiger partial charge in [0.05, 0.1) is 11.3 Å². The zero-order valence-electron chi connectivity index (χ0n) is 17.1. The Kier molecular flexibility index (Phi) is 5.95. The molecule has 7 nitrogen and oxygen atoms in total. The predicted molar refractivity (Wildman–Crippen MR) is 118 cm³/mol. The van der Waals surface area contributed by atoms with Crippen molar-refractivity contribution in [1.82, 2.24) is 19.9 Å². The topological polar surface area (TPSA) is 91.5 Å². The van der Waals surface area contributed by atoms with Gasteiger partial charge in [-0.3, -0.25) is 4.79 Å². The van der Waals surface area contributed by atoms with E-state index in [0.717, 1.165) is 12.1 Å². The highest BCUT2D eigenvalue weighted by Crippen LogP contribution is 2.30. The third-order valence-corrected chi connectivity index (χ3v) is 4.85. The van der Waals surface area contributed by atoms with E-state index in [9.17, 15) is 23.1 Å². The lowest BCUT2D eigenvalue weighted by Gasteiger charge is -2.13. The van der Waals surface area contributed by atoms with Gasteiger partial charge in [-0.05, 0) is 35.8 Å². The number of aromatic hydroxyl groups is 1. The van der Waals surface area contributed by atoms with Gasteiger partial charge in [-0.15, -0.1) is 0 Å². The molecule has 0 atom stereocenters. The molecule has 1 amide bonds. The minimum Gasteiger partial charge on any atom is -0.507 e. The quantitative estimate of drug-likeness (QED) is 0.310. The van der Waals surface area contributed by atoms with E-state index in [0.29, 0.717) is 28.2 Å². The number of rotatable bonds is 6. The lowest BCUT2D eigenvalue weighted by atomic mass is 10.0. The van der Waals surface area contributed by atoms with Crippen LogP contribution in [0, 0.1) is 0 Å². The molecular formula is C22H17BF3N5O2. The van der Waals surface area contributed by atoms with Crippen molar-refractivity contribution in [2.45, 2.75) is 6.18 Å². The molecule has 0 aliphatic heterocycles. The molecule has 4 rings (SSSR count). The monoisotopic (exact) mass is 451 g/mol. The number of carbonyl (C=O) groups is 1. The van der Waals surface area contributed by atoms with E-state index in [4.69, 9.17) is 7.85 Å². The lowest BCUT2D eigenvalue weighted by Crippen LogP contribution is -2.29. The number of nitrogens with zero attached hydrogens (tertiary/aromatic N) is 3. The standard InChI is InChI=1S/C22H17BF3N5O2/c23-16-12-29-31-19(11-17(30-20(16)31)15-6-1-2-7-18(15)32)27-8-9-28-21(33)13-4-3-5-14(10-13)22(24,25)26/h1-7,10-12,27,32H,8-9H2,(H,28,33). The number of hydrogen-bond donors (Lipinski definition) is 3. The summed E-state index contributed by atoms with van der Waals surface area (Å²) in [6.07, 6.45) is -3.08. The number of para-hydroxylation sites is 1. The van der Waals surface area contributed by atoms with Gasteiger partial charge in [0.2, 0.25) is 0 Å². The largest absolute Gasteiger partial charge is 0.507 e. The summed E-state index contributed by atoms with van der Waals surface area (Å²) in [5.41, 5.74) is 0.711. The van der Waals surface area contributed by atoms with Crippen LogP contribution in [0.25, 0.3) is 16.9 Å². The van der Waals surface area contributed by atoms with Crippen molar-refractivity contribution in [2.24, 2.45) is 0 Å². The second-order valence-corrected chi connectivity index (χ2v) is 7.14. The van der Waals surface area contributed by atoms with Crippen molar-refractivity contribution >= 4 is 30.7 Å². The highest BCUT2D eigenvalue weighted by Gasteiger charge is 2.30. The Bertz CT molecular complexity index is 1320. The number of alkyl halides is 3. The molecule has 0 fully saturated rings. The van der Waals surface area contributed by atoms with E-state index in [2.05, 4.69) is 20.7 Å². The minimum atomic E-state index is -4.53. The van der Waals surface area contributed by atoms with Gasteiger partial charge < -0.3 is 15.7 Å². The Morgan fingerprint density at radius 1 is 1.09 bits per heavy atom. The van der Waals surface area contributed by atoms with Crippen LogP contribution in [0.4, 0.5) is 19.0 Å². The van der Waals surface area contributed by atoms with Crippen molar-refractivity contribution in [3.05, 3.63) is 71.9 Å². The number of carbonyl (C=O) groups excluding carboxylic acids is 1. The van der Waals surface area contributed by atoms with E-state index in [1.807, 2.05) is 0 Å². The Hall–Kier alpha value is -4.02. The fourth-order valence-electron chi connectivity index (χ4n) is 3.24. The highest BCUT2D eigenvalue weighted by molar-refractivity contribution is 6.36. The molecule has 3 N–H and O–H groups in total. The van der Waals surface area contributed by atoms with Crippen molar-refractivity contribution < 1.29 is 23.1 Å². The average Bonchev–Trinajstić information content (AvgIpc) is 3.17. The van der Waals surface area contributed by atoms with Crippen molar-refractivity contribution in [2.75, 3.05) is 18.4 Å². The zero-order chi connectivity index (χ0) is 23.6. The minimum absolute atomic E-state index is 0.0479. The number of anilines is 1. The van der Waals surface area contributed by atoms with Crippen molar-refractivity contribution in [3.8, 4) is 17.0 Å². The molecule has 0 aliphatic carbocycles. The number of fused-ring (bicyclic) bond motifs is 1. The number of hydrogen-bond acceptors (Lipinski definition) is 5. The molecule has 0 unspecified atom stereocenters. The van der Waals surface area contributed by atoms with Gasteiger partial charge in [-0.1, -0.05) is 18.2 Å². The van der Waals surface area contributed by atoms with Crippen LogP contribution in [0.1, 0.15) is 15.9 Å². The van der Waals surface area contributed by atoms with E-state index in [1.54, 1.807) is 24.3 Å². The van der Waals surface area contributed by atoms with Crippen LogP contribution >= 0.6 is 0 Å². The maximum Gasteiger partial charge on any atom is 0.416 e. The zero-order valence-corrected chi connectivity index (χ0v) is 17.1. The van der Waals surface area contributed by atoms with E-state index >= 15 is 0 Å². The van der Waals surface area contributed by atoms with Gasteiger partial charge in [-0.25, -0.2) is 4.98 Å². The molecule has 0 aliphatic rings. The Morgan fingerprint density at radius 2 is 1.88 bits per heavy atom. The summed E-state index contributed by atoms with van der Waals surface area (Å²) in [5.74, 6) is -0.0731. The Balaban J connectivity index is 1.48. The summed E-state index contributed by atoms with van der Waals surface area (Å²) in [5, 5.41) is 20.0. The lowest BCUT2D eigenvalue weighted by molar-refractivity contribution is -0.137. The number of benzene rings is 2. The van der Waals surface area contributed by atoms with Crippen LogP contribution < -0.4 is 16.1 Å². The number of halogens is 3. The number of nitrogens with one attached hydrogen (secondary N) is 2. The van der Waals surface area contributed by atoms with Crippen LogP contribution in [-0.2, 0) is 6.18 Å². The Morgan fingerprint density at radius 3 is 2.64 bits per heavy atom. The second-order valence-electron chi connectivity index (χ2n) is 7.14. The summed E-state index contributed by atoms with van der Waals surface area (Å²) in [6.45, 7) is 0.366. The molecule has 0 bridgehead atoms. The number of phenolic OH excluding ortho intramolecular Hbond substituents is 1. The summed E-state index contributed by atoms with van der Waals surface area (Å²) >= 11 is 0. The predicted octanol–water partition coefficient (Wildman–Crippen LogP) is 2.76. The van der Waals surface area contributed by atoms with Crippen LogP contribution in [-0.4, -0.2) is 46.5 Å². The normalized spacial score (nSPS) is 11.5. The first-order valence-electron chi connectivity index (χ1n) is 9.86. The van der Waals surface area contributed by atoms with Gasteiger partial charge in [0.15, 0.2) is 5.65 Å². The highest BCUT2D eigenvalue weighted by atomic mass is 19.4. The fraction of sp³-hybridized carbons (Fsp3) is 0.136. The van der Waals surface area contributed by atoms with Crippen molar-refractivity contribution in [3.63, 3.8) is 0 Å². The molecule has 33 heavy (non-hydrogen) atoms. The van der Waals surface area contributed by atoms with Gasteiger partial charge in [0.25, 0.3) is 5.91 Å². The summed E-state index contributed by atoms with van der Waals surface area (Å²) < 4.78 is 40.0. The molecular weight excluding hydrogens is 434 g/mol. The van der Waals surface area contributed by atoms with E-state index in [1.165, 1.54) is 28.9 Å². The maximum atomic E-state index is 12.9. The molecule has 2 heterocycles. The third kappa shape index (κ3) is 4.76. The molecule has 0 spiro atoms. The van der Waals surface area contributed by atoms with E-state index < -0.39 is 17.6 Å². The number of amides is 1. The molecule has 0 saturated carbocycles. The third-order valence-electron chi connectivity index (χ3n) is 4.85. The molecule has 2 aromatic heterocycles. The van der Waals surface area contributed by atoms with Crippen LogP contribution in [0.3, 0.4) is 0 Å². The molecule has 2 aromatic carbocycles. The molecule has 11 heteroatoms. The van der Waals surface area contributed by atoms with Crippen LogP contribution in [0.5, 0.6) is 5.75 Å². The van der Waals surface area contributed by atoms with Crippen LogP contribution in [0.15, 0.2) is 60.8 Å².